The Labute approximate surface area is 129 Å². The third kappa shape index (κ3) is 2.62. The molecule has 1 aromatic carbocycles. The molecule has 0 bridgehead atoms. The van der Waals surface area contributed by atoms with Gasteiger partial charge in [0, 0.05) is 11.1 Å². The van der Waals surface area contributed by atoms with Gasteiger partial charge in [-0.1, -0.05) is 30.3 Å². The van der Waals surface area contributed by atoms with E-state index >= 15 is 0 Å². The van der Waals surface area contributed by atoms with Gasteiger partial charge in [0.25, 0.3) is 5.91 Å². The molecule has 0 radical (unpaired) electrons. The van der Waals surface area contributed by atoms with E-state index in [-0.39, 0.29) is 5.91 Å². The standard InChI is InChI=1S/C18H18N2O2/c1-11-12(2)22-17(14-6-4-3-5-7-14)16(11)18(21)20-15(10-19)13-8-9-13/h3-7,13,15H,8-9H2,1-2H3,(H,20,21)/t15-/m1/s1. The lowest BCUT2D eigenvalue weighted by Gasteiger charge is -2.11. The Bertz CT molecular complexity index is 736. The highest BCUT2D eigenvalue weighted by Crippen LogP contribution is 2.34. The van der Waals surface area contributed by atoms with Gasteiger partial charge >= 0.3 is 0 Å². The van der Waals surface area contributed by atoms with E-state index in [0.29, 0.717) is 17.2 Å². The zero-order valence-corrected chi connectivity index (χ0v) is 12.7. The molecule has 0 saturated heterocycles. The average molecular weight is 294 g/mol. The zero-order valence-electron chi connectivity index (χ0n) is 12.7. The highest BCUT2D eigenvalue weighted by atomic mass is 16.3. The van der Waals surface area contributed by atoms with Crippen molar-refractivity contribution in [3.8, 4) is 17.4 Å². The fourth-order valence-electron chi connectivity index (χ4n) is 2.59. The lowest BCUT2D eigenvalue weighted by Crippen LogP contribution is -2.35. The number of benzene rings is 1. The number of hydrogen-bond acceptors (Lipinski definition) is 3. The van der Waals surface area contributed by atoms with E-state index in [9.17, 15) is 10.1 Å². The quantitative estimate of drug-likeness (QED) is 0.937. The summed E-state index contributed by atoms with van der Waals surface area (Å²) in [4.78, 5) is 12.7. The SMILES string of the molecule is Cc1oc(-c2ccccc2)c(C(=O)N[C@H](C#N)C2CC2)c1C. The van der Waals surface area contributed by atoms with Crippen molar-refractivity contribution in [1.29, 1.82) is 5.26 Å². The number of nitriles is 1. The molecule has 4 heteroatoms. The van der Waals surface area contributed by atoms with Gasteiger partial charge < -0.3 is 9.73 Å². The summed E-state index contributed by atoms with van der Waals surface area (Å²) in [7, 11) is 0. The van der Waals surface area contributed by atoms with Crippen molar-refractivity contribution >= 4 is 5.91 Å². The van der Waals surface area contributed by atoms with Gasteiger partial charge in [-0.3, -0.25) is 4.79 Å². The van der Waals surface area contributed by atoms with E-state index in [0.717, 1.165) is 29.7 Å². The van der Waals surface area contributed by atoms with E-state index < -0.39 is 6.04 Å². The maximum Gasteiger partial charge on any atom is 0.256 e. The van der Waals surface area contributed by atoms with Crippen LogP contribution in [0.1, 0.15) is 34.5 Å². The van der Waals surface area contributed by atoms with Gasteiger partial charge in [0.05, 0.1) is 11.6 Å². The first-order valence-corrected chi connectivity index (χ1v) is 7.47. The predicted octanol–water partition coefficient (Wildman–Crippen LogP) is 3.60. The number of rotatable bonds is 4. The molecule has 22 heavy (non-hydrogen) atoms. The first-order valence-electron chi connectivity index (χ1n) is 7.47. The van der Waals surface area contributed by atoms with E-state index in [4.69, 9.17) is 4.42 Å². The molecular weight excluding hydrogens is 276 g/mol. The molecule has 1 atom stereocenters. The summed E-state index contributed by atoms with van der Waals surface area (Å²) in [5.74, 6) is 1.36. The molecule has 1 amide bonds. The lowest BCUT2D eigenvalue weighted by atomic mass is 10.0. The van der Waals surface area contributed by atoms with Crippen LogP contribution in [0.25, 0.3) is 11.3 Å². The second-order valence-corrected chi connectivity index (χ2v) is 5.77. The predicted molar refractivity (Wildman–Crippen MR) is 83.2 cm³/mol. The van der Waals surface area contributed by atoms with Crippen LogP contribution >= 0.6 is 0 Å². The van der Waals surface area contributed by atoms with E-state index in [1.165, 1.54) is 0 Å². The first kappa shape index (κ1) is 14.4. The lowest BCUT2D eigenvalue weighted by molar-refractivity contribution is 0.0941. The molecule has 1 N–H and O–H groups in total. The molecule has 112 valence electrons. The normalized spacial score (nSPS) is 15.1. The van der Waals surface area contributed by atoms with Gasteiger partial charge in [-0.15, -0.1) is 0 Å². The summed E-state index contributed by atoms with van der Waals surface area (Å²) in [5, 5.41) is 12.1. The van der Waals surface area contributed by atoms with Crippen molar-refractivity contribution in [3.05, 3.63) is 47.2 Å². The van der Waals surface area contributed by atoms with Gasteiger partial charge in [-0.25, -0.2) is 0 Å². The zero-order chi connectivity index (χ0) is 15.7. The van der Waals surface area contributed by atoms with Crippen molar-refractivity contribution in [2.75, 3.05) is 0 Å². The molecule has 0 unspecified atom stereocenters. The second kappa shape index (κ2) is 5.69. The number of carbonyl (C=O) groups is 1. The molecule has 4 nitrogen and oxygen atoms in total. The molecule has 1 aromatic heterocycles. The minimum absolute atomic E-state index is 0.230. The summed E-state index contributed by atoms with van der Waals surface area (Å²) in [6.07, 6.45) is 2.01. The molecule has 1 heterocycles. The Morgan fingerprint density at radius 3 is 2.59 bits per heavy atom. The Kier molecular flexibility index (Phi) is 3.72. The maximum atomic E-state index is 12.7. The molecular formula is C18H18N2O2. The number of hydrogen-bond donors (Lipinski definition) is 1. The third-order valence-electron chi connectivity index (χ3n) is 4.17. The van der Waals surface area contributed by atoms with Crippen molar-refractivity contribution in [1.82, 2.24) is 5.32 Å². The molecule has 1 fully saturated rings. The first-order chi connectivity index (χ1) is 10.6. The second-order valence-electron chi connectivity index (χ2n) is 5.77. The van der Waals surface area contributed by atoms with Crippen LogP contribution in [-0.4, -0.2) is 11.9 Å². The Balaban J connectivity index is 1.96. The number of amides is 1. The van der Waals surface area contributed by atoms with Gasteiger partial charge in [0.15, 0.2) is 0 Å². The van der Waals surface area contributed by atoms with Gasteiger partial charge in [0.2, 0.25) is 0 Å². The molecule has 1 saturated carbocycles. The highest BCUT2D eigenvalue weighted by Gasteiger charge is 2.34. The minimum atomic E-state index is -0.411. The monoisotopic (exact) mass is 294 g/mol. The summed E-state index contributed by atoms with van der Waals surface area (Å²) >= 11 is 0. The highest BCUT2D eigenvalue weighted by molar-refractivity contribution is 6.01. The van der Waals surface area contributed by atoms with Gasteiger partial charge in [0.1, 0.15) is 17.6 Å². The molecule has 0 aliphatic heterocycles. The Hall–Kier alpha value is -2.54. The number of furan rings is 1. The molecule has 0 spiro atoms. The van der Waals surface area contributed by atoms with Gasteiger partial charge in [-0.2, -0.15) is 5.26 Å². The van der Waals surface area contributed by atoms with Gasteiger partial charge in [-0.05, 0) is 32.6 Å². The van der Waals surface area contributed by atoms with Crippen LogP contribution < -0.4 is 5.32 Å². The fraction of sp³-hybridized carbons (Fsp3) is 0.333. The summed E-state index contributed by atoms with van der Waals surface area (Å²) in [5.41, 5.74) is 2.22. The fourth-order valence-corrected chi connectivity index (χ4v) is 2.59. The van der Waals surface area contributed by atoms with Crippen LogP contribution in [0.4, 0.5) is 0 Å². The van der Waals surface area contributed by atoms with E-state index in [1.54, 1.807) is 0 Å². The van der Waals surface area contributed by atoms with Crippen LogP contribution in [0.5, 0.6) is 0 Å². The van der Waals surface area contributed by atoms with Crippen LogP contribution in [0.2, 0.25) is 0 Å². The molecule has 3 rings (SSSR count). The van der Waals surface area contributed by atoms with Crippen LogP contribution in [0, 0.1) is 31.1 Å². The summed E-state index contributed by atoms with van der Waals surface area (Å²) < 4.78 is 5.80. The topological polar surface area (TPSA) is 66.0 Å². The Morgan fingerprint density at radius 1 is 1.32 bits per heavy atom. The van der Waals surface area contributed by atoms with Crippen molar-refractivity contribution in [2.45, 2.75) is 32.7 Å². The molecule has 1 aliphatic carbocycles. The maximum absolute atomic E-state index is 12.7. The summed E-state index contributed by atoms with van der Waals surface area (Å²) in [6, 6.07) is 11.3. The van der Waals surface area contributed by atoms with Crippen molar-refractivity contribution in [3.63, 3.8) is 0 Å². The largest absolute Gasteiger partial charge is 0.460 e. The number of aryl methyl sites for hydroxylation is 1. The van der Waals surface area contributed by atoms with E-state index in [2.05, 4.69) is 11.4 Å². The van der Waals surface area contributed by atoms with Crippen LogP contribution in [0.15, 0.2) is 34.7 Å². The van der Waals surface area contributed by atoms with Crippen LogP contribution in [0.3, 0.4) is 0 Å². The Morgan fingerprint density at radius 2 is 2.00 bits per heavy atom. The van der Waals surface area contributed by atoms with Crippen molar-refractivity contribution < 1.29 is 9.21 Å². The average Bonchev–Trinajstić information content (AvgIpc) is 3.32. The van der Waals surface area contributed by atoms with E-state index in [1.807, 2.05) is 44.2 Å². The van der Waals surface area contributed by atoms with Crippen molar-refractivity contribution in [2.24, 2.45) is 5.92 Å². The third-order valence-corrected chi connectivity index (χ3v) is 4.17. The number of nitrogens with one attached hydrogen (secondary N) is 1. The van der Waals surface area contributed by atoms with Crippen LogP contribution in [-0.2, 0) is 0 Å². The summed E-state index contributed by atoms with van der Waals surface area (Å²) in [6.45, 7) is 3.72. The molecule has 2 aromatic rings. The number of nitrogens with zero attached hydrogens (tertiary/aromatic N) is 1. The minimum Gasteiger partial charge on any atom is -0.460 e. The molecule has 1 aliphatic rings. The smallest absolute Gasteiger partial charge is 0.256 e. The number of carbonyl (C=O) groups excluding carboxylic acids is 1.